The summed E-state index contributed by atoms with van der Waals surface area (Å²) in [6.07, 6.45) is 7.12. The van der Waals surface area contributed by atoms with E-state index in [0.29, 0.717) is 15.7 Å². The van der Waals surface area contributed by atoms with Crippen LogP contribution in [-0.2, 0) is 4.74 Å². The fraction of sp³-hybridized carbons (Fsp3) is 0.588. The van der Waals surface area contributed by atoms with Gasteiger partial charge in [0.05, 0.1) is 10.0 Å². The molecule has 1 amide bonds. The third-order valence-electron chi connectivity index (χ3n) is 6.02. The molecule has 3 aliphatic rings. The molecule has 0 radical (unpaired) electrons. The second-order valence-corrected chi connectivity index (χ2v) is 7.73. The minimum atomic E-state index is -0.379. The van der Waals surface area contributed by atoms with E-state index < -0.39 is 0 Å². The van der Waals surface area contributed by atoms with Gasteiger partial charge in [0.1, 0.15) is 6.10 Å². The predicted octanol–water partition coefficient (Wildman–Crippen LogP) is 5.51. The number of hydrogen-bond acceptors (Lipinski definition) is 2. The highest BCUT2D eigenvalue weighted by molar-refractivity contribution is 6.42. The van der Waals surface area contributed by atoms with Crippen LogP contribution < -0.4 is 5.32 Å². The fourth-order valence-corrected chi connectivity index (χ4v) is 5.46. The van der Waals surface area contributed by atoms with E-state index in [0.717, 1.165) is 18.3 Å². The Hall–Kier alpha value is -0.930. The van der Waals surface area contributed by atoms with Crippen molar-refractivity contribution in [3.8, 4) is 0 Å². The maximum absolute atomic E-state index is 12.2. The highest BCUT2D eigenvalue weighted by Crippen LogP contribution is 2.66. The molecule has 0 heterocycles. The Kier molecular flexibility index (Phi) is 3.54. The first-order valence-corrected chi connectivity index (χ1v) is 8.77. The number of nitrogens with one attached hydrogen (secondary N) is 1. The molecule has 3 aliphatic carbocycles. The van der Waals surface area contributed by atoms with Gasteiger partial charge in [-0.1, -0.05) is 29.6 Å². The second-order valence-electron chi connectivity index (χ2n) is 6.91. The van der Waals surface area contributed by atoms with Crippen LogP contribution in [0.4, 0.5) is 10.5 Å². The summed E-state index contributed by atoms with van der Waals surface area (Å²) < 4.78 is 5.80. The lowest BCUT2D eigenvalue weighted by atomic mass is 9.78. The Labute approximate surface area is 140 Å². The molecule has 0 aromatic heterocycles. The first-order valence-electron chi connectivity index (χ1n) is 8.01. The Morgan fingerprint density at radius 1 is 1.23 bits per heavy atom. The van der Waals surface area contributed by atoms with Crippen LogP contribution >= 0.6 is 23.2 Å². The van der Waals surface area contributed by atoms with Crippen molar-refractivity contribution in [2.75, 3.05) is 5.32 Å². The third-order valence-corrected chi connectivity index (χ3v) is 6.76. The number of benzene rings is 1. The maximum atomic E-state index is 12.2. The molecule has 3 nitrogen and oxygen atoms in total. The Morgan fingerprint density at radius 3 is 2.91 bits per heavy atom. The molecule has 4 rings (SSSR count). The molecular formula is C17H19Cl2NO2. The summed E-state index contributed by atoms with van der Waals surface area (Å²) in [5.74, 6) is 1.56. The van der Waals surface area contributed by atoms with Crippen LogP contribution in [0, 0.1) is 17.3 Å². The second kappa shape index (κ2) is 5.31. The van der Waals surface area contributed by atoms with Crippen LogP contribution in [0.2, 0.25) is 10.0 Å². The van der Waals surface area contributed by atoms with Crippen molar-refractivity contribution in [1.82, 2.24) is 0 Å². The summed E-state index contributed by atoms with van der Waals surface area (Å²) in [6.45, 7) is 0. The van der Waals surface area contributed by atoms with Gasteiger partial charge in [0.2, 0.25) is 0 Å². The summed E-state index contributed by atoms with van der Waals surface area (Å²) >= 11 is 11.8. The molecule has 118 valence electrons. The molecule has 1 aromatic carbocycles. The standard InChI is InChI=1S/C17H19Cl2NO2/c18-13-4-3-11(9-14(13)19)20-16(21)22-15-8-10-5-7-17(15)6-1-2-12(10)17/h3-4,9-10,12,15H,1-2,5-8H2,(H,20,21)/t10-,12+,15+,17-/m0/s1. The molecular weight excluding hydrogens is 321 g/mol. The van der Waals surface area contributed by atoms with Crippen molar-refractivity contribution in [2.24, 2.45) is 17.3 Å². The summed E-state index contributed by atoms with van der Waals surface area (Å²) in [6, 6.07) is 5.04. The van der Waals surface area contributed by atoms with Gasteiger partial charge >= 0.3 is 6.09 Å². The van der Waals surface area contributed by atoms with Gasteiger partial charge in [-0.3, -0.25) is 5.32 Å². The number of anilines is 1. The largest absolute Gasteiger partial charge is 0.445 e. The average molecular weight is 340 g/mol. The zero-order valence-electron chi connectivity index (χ0n) is 12.3. The minimum Gasteiger partial charge on any atom is -0.445 e. The highest BCUT2D eigenvalue weighted by atomic mass is 35.5. The molecule has 3 saturated carbocycles. The maximum Gasteiger partial charge on any atom is 0.411 e. The van der Waals surface area contributed by atoms with Gasteiger partial charge < -0.3 is 4.74 Å². The zero-order valence-corrected chi connectivity index (χ0v) is 13.8. The van der Waals surface area contributed by atoms with Crippen LogP contribution in [0.3, 0.4) is 0 Å². The summed E-state index contributed by atoms with van der Waals surface area (Å²) in [5, 5.41) is 3.67. The minimum absolute atomic E-state index is 0.0847. The number of carbonyl (C=O) groups excluding carboxylic acids is 1. The molecule has 0 unspecified atom stereocenters. The van der Waals surface area contributed by atoms with E-state index in [2.05, 4.69) is 5.32 Å². The number of carbonyl (C=O) groups is 1. The van der Waals surface area contributed by atoms with Crippen molar-refractivity contribution in [3.63, 3.8) is 0 Å². The summed E-state index contributed by atoms with van der Waals surface area (Å²) in [7, 11) is 0. The lowest BCUT2D eigenvalue weighted by Crippen LogP contribution is -2.36. The van der Waals surface area contributed by atoms with Crippen LogP contribution in [0.15, 0.2) is 18.2 Å². The van der Waals surface area contributed by atoms with Crippen LogP contribution in [-0.4, -0.2) is 12.2 Å². The van der Waals surface area contributed by atoms with E-state index in [-0.39, 0.29) is 17.6 Å². The van der Waals surface area contributed by atoms with Crippen LogP contribution in [0.25, 0.3) is 0 Å². The average Bonchev–Trinajstić information content (AvgIpc) is 3.10. The van der Waals surface area contributed by atoms with Crippen molar-refractivity contribution >= 4 is 35.0 Å². The predicted molar refractivity (Wildman–Crippen MR) is 87.5 cm³/mol. The zero-order chi connectivity index (χ0) is 15.3. The molecule has 22 heavy (non-hydrogen) atoms. The molecule has 0 spiro atoms. The van der Waals surface area contributed by atoms with Gasteiger partial charge in [0.25, 0.3) is 0 Å². The summed E-state index contributed by atoms with van der Waals surface area (Å²) in [4.78, 5) is 12.2. The number of halogens is 2. The molecule has 3 fully saturated rings. The van der Waals surface area contributed by atoms with E-state index in [9.17, 15) is 4.79 Å². The molecule has 0 aliphatic heterocycles. The van der Waals surface area contributed by atoms with Crippen molar-refractivity contribution in [1.29, 1.82) is 0 Å². The van der Waals surface area contributed by atoms with Gasteiger partial charge in [0, 0.05) is 11.1 Å². The number of hydrogen-bond donors (Lipinski definition) is 1. The van der Waals surface area contributed by atoms with Gasteiger partial charge in [-0.15, -0.1) is 0 Å². The van der Waals surface area contributed by atoms with Gasteiger partial charge in [0.15, 0.2) is 0 Å². The number of rotatable bonds is 2. The lowest BCUT2D eigenvalue weighted by Gasteiger charge is -2.33. The quantitative estimate of drug-likeness (QED) is 0.771. The van der Waals surface area contributed by atoms with Crippen molar-refractivity contribution < 1.29 is 9.53 Å². The van der Waals surface area contributed by atoms with Gasteiger partial charge in [-0.2, -0.15) is 0 Å². The van der Waals surface area contributed by atoms with Crippen LogP contribution in [0.1, 0.15) is 38.5 Å². The molecule has 0 saturated heterocycles. The topological polar surface area (TPSA) is 38.3 Å². The first-order chi connectivity index (χ1) is 10.6. The molecule has 1 N–H and O–H groups in total. The fourth-order valence-electron chi connectivity index (χ4n) is 5.16. The Bertz CT molecular complexity index is 617. The molecule has 2 bridgehead atoms. The monoisotopic (exact) mass is 339 g/mol. The van der Waals surface area contributed by atoms with E-state index in [1.165, 1.54) is 32.1 Å². The van der Waals surface area contributed by atoms with Gasteiger partial charge in [-0.05, 0) is 62.1 Å². The first kappa shape index (κ1) is 14.6. The Morgan fingerprint density at radius 2 is 2.09 bits per heavy atom. The normalized spacial score (nSPS) is 35.5. The van der Waals surface area contributed by atoms with Gasteiger partial charge in [-0.25, -0.2) is 4.79 Å². The molecule has 1 aromatic rings. The van der Waals surface area contributed by atoms with E-state index >= 15 is 0 Å². The van der Waals surface area contributed by atoms with Crippen molar-refractivity contribution in [3.05, 3.63) is 28.2 Å². The number of amides is 1. The summed E-state index contributed by atoms with van der Waals surface area (Å²) in [5.41, 5.74) is 0.891. The lowest BCUT2D eigenvalue weighted by molar-refractivity contribution is 0.0173. The van der Waals surface area contributed by atoms with Crippen LogP contribution in [0.5, 0.6) is 0 Å². The smallest absolute Gasteiger partial charge is 0.411 e. The van der Waals surface area contributed by atoms with E-state index in [1.807, 2.05) is 0 Å². The SMILES string of the molecule is O=C(Nc1ccc(Cl)c(Cl)c1)O[C@@H]1C[C@@H]2CC[C@]13CCC[C@H]23. The number of ether oxygens (including phenoxy) is 1. The van der Waals surface area contributed by atoms with Crippen molar-refractivity contribution in [2.45, 2.75) is 44.6 Å². The molecule has 4 atom stereocenters. The molecule has 5 heteroatoms. The van der Waals surface area contributed by atoms with E-state index in [1.54, 1.807) is 18.2 Å². The Balaban J connectivity index is 1.43. The highest BCUT2D eigenvalue weighted by Gasteiger charge is 2.62. The third kappa shape index (κ3) is 2.21. The van der Waals surface area contributed by atoms with E-state index in [4.69, 9.17) is 27.9 Å².